The van der Waals surface area contributed by atoms with Gasteiger partial charge in [0.25, 0.3) is 0 Å². The second-order valence-corrected chi connectivity index (χ2v) is 4.41. The van der Waals surface area contributed by atoms with Crippen LogP contribution in [0.2, 0.25) is 0 Å². The number of rotatable bonds is 4. The predicted octanol–water partition coefficient (Wildman–Crippen LogP) is 3.49. The maximum Gasteiger partial charge on any atom is 0.0605 e. The van der Waals surface area contributed by atoms with Crippen molar-refractivity contribution in [3.8, 4) is 0 Å². The van der Waals surface area contributed by atoms with E-state index >= 15 is 0 Å². The Morgan fingerprint density at radius 3 is 2.19 bits per heavy atom. The molecule has 0 aromatic heterocycles. The highest BCUT2D eigenvalue weighted by Crippen LogP contribution is 2.06. The minimum absolute atomic E-state index is 0.765. The first-order chi connectivity index (χ1) is 7.95. The summed E-state index contributed by atoms with van der Waals surface area (Å²) in [5, 5.41) is 1.28. The van der Waals surface area contributed by atoms with E-state index in [-0.39, 0.29) is 0 Å². The number of benzene rings is 2. The lowest BCUT2D eigenvalue weighted by atomic mass is 10.2. The number of hydrogen-bond acceptors (Lipinski definition) is 1. The Bertz CT molecular complexity index is 393. The average molecular weight is 226 g/mol. The van der Waals surface area contributed by atoms with Crippen LogP contribution in [0.15, 0.2) is 65.7 Å². The van der Waals surface area contributed by atoms with Crippen molar-refractivity contribution in [1.82, 2.24) is 0 Å². The normalized spacial score (nSPS) is 11.5. The van der Waals surface area contributed by atoms with Gasteiger partial charge in [0, 0.05) is 0 Å². The summed E-state index contributed by atoms with van der Waals surface area (Å²) in [6, 6.07) is 20.6. The molecule has 0 bridgehead atoms. The van der Waals surface area contributed by atoms with Crippen LogP contribution in [-0.4, -0.2) is 5.96 Å². The summed E-state index contributed by atoms with van der Waals surface area (Å²) in [5.74, 6) is 1.96. The first kappa shape index (κ1) is 11.0. The molecule has 0 saturated carbocycles. The molecule has 0 aliphatic carbocycles. The van der Waals surface area contributed by atoms with Crippen molar-refractivity contribution in [3.05, 3.63) is 66.2 Å². The Morgan fingerprint density at radius 1 is 0.875 bits per heavy atom. The minimum Gasteiger partial charge on any atom is -0.460 e. The number of aliphatic imine (C=N–C) groups is 1. The second-order valence-electron chi connectivity index (χ2n) is 3.41. The Kier molecular flexibility index (Phi) is 4.27. The van der Waals surface area contributed by atoms with Gasteiger partial charge >= 0.3 is 0 Å². The SMILES string of the molecule is C(=NCc1ccccc1)[P-]c1ccccc1. The fraction of sp³-hybridized carbons (Fsp3) is 0.0714. The van der Waals surface area contributed by atoms with E-state index < -0.39 is 0 Å². The van der Waals surface area contributed by atoms with Gasteiger partial charge in [-0.05, 0) is 5.56 Å². The number of nitrogens with zero attached hydrogens (tertiary/aromatic N) is 1. The van der Waals surface area contributed by atoms with Crippen molar-refractivity contribution in [2.45, 2.75) is 6.54 Å². The lowest BCUT2D eigenvalue weighted by molar-refractivity contribution is 1.08. The topological polar surface area (TPSA) is 12.4 Å². The summed E-state index contributed by atoms with van der Waals surface area (Å²) >= 11 is 0. The fourth-order valence-corrected chi connectivity index (χ4v) is 1.99. The summed E-state index contributed by atoms with van der Waals surface area (Å²) in [7, 11) is 1.16. The van der Waals surface area contributed by atoms with Crippen molar-refractivity contribution in [3.63, 3.8) is 0 Å². The van der Waals surface area contributed by atoms with Gasteiger partial charge in [0.15, 0.2) is 0 Å². The highest BCUT2D eigenvalue weighted by atomic mass is 31.1. The molecule has 0 atom stereocenters. The van der Waals surface area contributed by atoms with Gasteiger partial charge in [-0.15, -0.1) is 0 Å². The van der Waals surface area contributed by atoms with Gasteiger partial charge in [0.05, 0.1) is 6.54 Å². The van der Waals surface area contributed by atoms with Crippen molar-refractivity contribution in [2.24, 2.45) is 4.99 Å². The molecular formula is C14H13NP-. The zero-order chi connectivity index (χ0) is 11.1. The molecule has 2 aromatic rings. The summed E-state index contributed by atoms with van der Waals surface area (Å²) in [6.45, 7) is 0.765. The molecule has 0 saturated heterocycles. The third-order valence-corrected chi connectivity index (χ3v) is 3.04. The van der Waals surface area contributed by atoms with Gasteiger partial charge in [-0.3, -0.25) is 0 Å². The van der Waals surface area contributed by atoms with Crippen LogP contribution in [0.5, 0.6) is 0 Å². The van der Waals surface area contributed by atoms with E-state index in [1.54, 1.807) is 0 Å². The van der Waals surface area contributed by atoms with Crippen LogP contribution in [0, 0.1) is 0 Å². The molecule has 0 spiro atoms. The largest absolute Gasteiger partial charge is 0.460 e. The maximum atomic E-state index is 4.40. The molecule has 0 amide bonds. The van der Waals surface area contributed by atoms with Gasteiger partial charge in [-0.25, -0.2) is 0 Å². The van der Waals surface area contributed by atoms with Crippen molar-refractivity contribution < 1.29 is 0 Å². The highest BCUT2D eigenvalue weighted by molar-refractivity contribution is 7.62. The van der Waals surface area contributed by atoms with E-state index in [9.17, 15) is 0 Å². The standard InChI is InChI=1S/C14H13NP/c1-3-7-13(8-4-1)11-15-12-16-14-9-5-2-6-10-14/h1-10,12H,11H2/q-1. The second kappa shape index (κ2) is 6.19. The zero-order valence-electron chi connectivity index (χ0n) is 8.95. The zero-order valence-corrected chi connectivity index (χ0v) is 9.85. The van der Waals surface area contributed by atoms with Crippen LogP contribution in [0.4, 0.5) is 0 Å². The number of hydrogen-bond donors (Lipinski definition) is 0. The van der Waals surface area contributed by atoms with Crippen LogP contribution in [-0.2, 0) is 6.54 Å². The van der Waals surface area contributed by atoms with Crippen molar-refractivity contribution in [2.75, 3.05) is 0 Å². The molecule has 0 aliphatic rings. The minimum atomic E-state index is 0.765. The molecule has 0 unspecified atom stereocenters. The van der Waals surface area contributed by atoms with Gasteiger partial charge in [-0.2, -0.15) is 11.3 Å². The Balaban J connectivity index is 1.83. The van der Waals surface area contributed by atoms with E-state index in [4.69, 9.17) is 0 Å². The Morgan fingerprint density at radius 2 is 1.50 bits per heavy atom. The first-order valence-corrected chi connectivity index (χ1v) is 6.19. The molecule has 0 radical (unpaired) electrons. The molecule has 1 nitrogen and oxygen atoms in total. The van der Waals surface area contributed by atoms with Crippen LogP contribution >= 0.6 is 8.58 Å². The molecule has 0 heterocycles. The van der Waals surface area contributed by atoms with E-state index in [0.29, 0.717) is 0 Å². The summed E-state index contributed by atoms with van der Waals surface area (Å²) < 4.78 is 0. The van der Waals surface area contributed by atoms with Crippen LogP contribution in [0.25, 0.3) is 0 Å². The fourth-order valence-electron chi connectivity index (χ4n) is 1.35. The Labute approximate surface area is 98.0 Å². The summed E-state index contributed by atoms with van der Waals surface area (Å²) in [5.41, 5.74) is 1.25. The quantitative estimate of drug-likeness (QED) is 0.559. The lowest BCUT2D eigenvalue weighted by Crippen LogP contribution is -1.90. The maximum absolute atomic E-state index is 4.40. The van der Waals surface area contributed by atoms with E-state index in [0.717, 1.165) is 15.1 Å². The molecule has 0 aliphatic heterocycles. The van der Waals surface area contributed by atoms with E-state index in [1.807, 2.05) is 42.4 Å². The van der Waals surface area contributed by atoms with Crippen molar-refractivity contribution >= 4 is 19.8 Å². The monoisotopic (exact) mass is 226 g/mol. The van der Waals surface area contributed by atoms with E-state index in [1.165, 1.54) is 10.9 Å². The van der Waals surface area contributed by atoms with E-state index in [2.05, 4.69) is 29.3 Å². The molecule has 2 heteroatoms. The molecule has 0 N–H and O–H groups in total. The van der Waals surface area contributed by atoms with Gasteiger partial charge in [-0.1, -0.05) is 60.7 Å². The van der Waals surface area contributed by atoms with Crippen LogP contribution in [0.3, 0.4) is 0 Å². The lowest BCUT2D eigenvalue weighted by Gasteiger charge is -2.10. The molecule has 0 fully saturated rings. The summed E-state index contributed by atoms with van der Waals surface area (Å²) in [4.78, 5) is 4.40. The van der Waals surface area contributed by atoms with Crippen LogP contribution < -0.4 is 5.30 Å². The molecule has 2 rings (SSSR count). The molecular weight excluding hydrogens is 213 g/mol. The Hall–Kier alpha value is -1.46. The third-order valence-electron chi connectivity index (χ3n) is 2.16. The van der Waals surface area contributed by atoms with Crippen molar-refractivity contribution in [1.29, 1.82) is 0 Å². The molecule has 2 aromatic carbocycles. The average Bonchev–Trinajstić information content (AvgIpc) is 2.37. The van der Waals surface area contributed by atoms with Crippen LogP contribution in [0.1, 0.15) is 5.56 Å². The summed E-state index contributed by atoms with van der Waals surface area (Å²) in [6.07, 6.45) is 0. The highest BCUT2D eigenvalue weighted by Gasteiger charge is 1.83. The smallest absolute Gasteiger partial charge is 0.0605 e. The van der Waals surface area contributed by atoms with Gasteiger partial charge in [0.2, 0.25) is 0 Å². The van der Waals surface area contributed by atoms with Gasteiger partial charge < -0.3 is 13.6 Å². The van der Waals surface area contributed by atoms with Gasteiger partial charge in [0.1, 0.15) is 0 Å². The third kappa shape index (κ3) is 3.60. The predicted molar refractivity (Wildman–Crippen MR) is 71.6 cm³/mol. The molecule has 80 valence electrons. The first-order valence-electron chi connectivity index (χ1n) is 5.23. The molecule has 16 heavy (non-hydrogen) atoms.